The number of nitrogens with zero attached hydrogens (tertiary/aromatic N) is 1. The van der Waals surface area contributed by atoms with E-state index in [9.17, 15) is 19.5 Å². The molecule has 1 N–H and O–H groups in total. The Bertz CT molecular complexity index is 631. The number of ketones is 1. The second-order valence-electron chi connectivity index (χ2n) is 5.80. The smallest absolute Gasteiger partial charge is 0.435 e. The molecule has 1 aliphatic heterocycles. The highest BCUT2D eigenvalue weighted by molar-refractivity contribution is 9.10. The first-order valence-corrected chi connectivity index (χ1v) is 9.08. The van der Waals surface area contributed by atoms with Crippen LogP contribution >= 0.6 is 31.9 Å². The predicted octanol–water partition coefficient (Wildman–Crippen LogP) is 3.99. The molecule has 1 aromatic rings. The van der Waals surface area contributed by atoms with E-state index in [1.165, 1.54) is 0 Å². The number of hydrogen-bond donors (Lipinski definition) is 1. The number of likely N-dealkylation sites (tertiary alicyclic amines) is 1. The first-order chi connectivity index (χ1) is 10.8. The highest BCUT2D eigenvalue weighted by Crippen LogP contribution is 2.30. The Balaban J connectivity index is 2.14. The van der Waals surface area contributed by atoms with Crippen molar-refractivity contribution >= 4 is 49.6 Å². The van der Waals surface area contributed by atoms with Crippen LogP contribution in [0.4, 0.5) is 4.79 Å². The van der Waals surface area contributed by atoms with Crippen LogP contribution in [0.25, 0.3) is 0 Å². The summed E-state index contributed by atoms with van der Waals surface area (Å²) in [4.78, 5) is 36.0. The zero-order valence-electron chi connectivity index (χ0n) is 12.7. The highest BCUT2D eigenvalue weighted by atomic mass is 79.9. The molecule has 3 atom stereocenters. The summed E-state index contributed by atoms with van der Waals surface area (Å²) in [6.07, 6.45) is 0.139. The van der Waals surface area contributed by atoms with E-state index >= 15 is 0 Å². The molecule has 0 bridgehead atoms. The first-order valence-electron chi connectivity index (χ1n) is 7.37. The van der Waals surface area contributed by atoms with Gasteiger partial charge in [0.05, 0.1) is 17.8 Å². The van der Waals surface area contributed by atoms with Crippen molar-refractivity contribution in [3.05, 3.63) is 34.3 Å². The molecule has 0 radical (unpaired) electrons. The summed E-state index contributed by atoms with van der Waals surface area (Å²) in [6, 6.07) is 6.59. The highest BCUT2D eigenvalue weighted by Gasteiger charge is 2.53. The Morgan fingerprint density at radius 2 is 1.91 bits per heavy atom. The second kappa shape index (κ2) is 7.23. The summed E-state index contributed by atoms with van der Waals surface area (Å²) >= 11 is 6.56. The van der Waals surface area contributed by atoms with Gasteiger partial charge in [-0.3, -0.25) is 4.79 Å². The monoisotopic (exact) mass is 446 g/mol. The average Bonchev–Trinajstić information content (AvgIpc) is 2.90. The fourth-order valence-electron chi connectivity index (χ4n) is 3.04. The quantitative estimate of drug-likeness (QED) is 0.430. The number of amides is 2. The van der Waals surface area contributed by atoms with Crippen molar-refractivity contribution in [3.8, 4) is 0 Å². The number of rotatable bonds is 4. The molecule has 5 nitrogen and oxygen atoms in total. The molecule has 0 aliphatic carbocycles. The molecule has 1 saturated heterocycles. The van der Waals surface area contributed by atoms with Crippen molar-refractivity contribution in [1.29, 1.82) is 0 Å². The maximum Gasteiger partial charge on any atom is 0.521 e. The molecular formula is C16H18Br2NO4+. The molecule has 1 aromatic carbocycles. The van der Waals surface area contributed by atoms with Crippen LogP contribution in [0.2, 0.25) is 0 Å². The van der Waals surface area contributed by atoms with Crippen LogP contribution in [0, 0.1) is 0 Å². The van der Waals surface area contributed by atoms with E-state index in [4.69, 9.17) is 0 Å². The van der Waals surface area contributed by atoms with E-state index in [0.717, 1.165) is 4.47 Å². The van der Waals surface area contributed by atoms with Gasteiger partial charge in [-0.25, -0.2) is 4.79 Å². The number of benzene rings is 1. The minimum atomic E-state index is -1.13. The lowest BCUT2D eigenvalue weighted by Gasteiger charge is -2.30. The zero-order valence-corrected chi connectivity index (χ0v) is 15.8. The van der Waals surface area contributed by atoms with Crippen LogP contribution in [0.5, 0.6) is 0 Å². The molecule has 2 rings (SSSR count). The van der Waals surface area contributed by atoms with E-state index in [-0.39, 0.29) is 18.2 Å². The molecule has 2 amide bonds. The molecule has 7 heteroatoms. The van der Waals surface area contributed by atoms with Gasteiger partial charge in [0.2, 0.25) is 0 Å². The Hall–Kier alpha value is -1.05. The van der Waals surface area contributed by atoms with Crippen LogP contribution in [-0.4, -0.2) is 44.8 Å². The van der Waals surface area contributed by atoms with Crippen LogP contribution in [0.3, 0.4) is 0 Å². The molecular weight excluding hydrogens is 430 g/mol. The zero-order chi connectivity index (χ0) is 17.2. The van der Waals surface area contributed by atoms with E-state index in [1.807, 2.05) is 0 Å². The van der Waals surface area contributed by atoms with Gasteiger partial charge in [0.25, 0.3) is 0 Å². The van der Waals surface area contributed by atoms with Gasteiger partial charge in [-0.05, 0) is 19.1 Å². The van der Waals surface area contributed by atoms with Gasteiger partial charge in [0.1, 0.15) is 6.04 Å². The van der Waals surface area contributed by atoms with E-state index < -0.39 is 21.3 Å². The van der Waals surface area contributed by atoms with Gasteiger partial charge < -0.3 is 5.11 Å². The lowest BCUT2D eigenvalue weighted by Crippen LogP contribution is -2.59. The lowest BCUT2D eigenvalue weighted by atomic mass is 10.1. The third-order valence-corrected chi connectivity index (χ3v) is 5.71. The Morgan fingerprint density at radius 1 is 1.30 bits per heavy atom. The molecule has 0 aromatic heterocycles. The lowest BCUT2D eigenvalue weighted by molar-refractivity contribution is -0.792. The van der Waals surface area contributed by atoms with Gasteiger partial charge in [0, 0.05) is 22.9 Å². The SMILES string of the molecule is C[C@@H]1CCC[N+]1(C(=O)O)C(=O)CC(Br)C(=O)c1ccc(Br)cc1. The summed E-state index contributed by atoms with van der Waals surface area (Å²) in [5.41, 5.74) is 0.485. The van der Waals surface area contributed by atoms with Crippen molar-refractivity contribution in [1.82, 2.24) is 0 Å². The largest absolute Gasteiger partial charge is 0.521 e. The number of quaternary nitrogens is 1. The maximum absolute atomic E-state index is 12.6. The van der Waals surface area contributed by atoms with Crippen molar-refractivity contribution in [2.24, 2.45) is 0 Å². The molecule has 2 unspecified atom stereocenters. The van der Waals surface area contributed by atoms with Crippen molar-refractivity contribution < 1.29 is 24.0 Å². The minimum Gasteiger partial charge on any atom is -0.435 e. The van der Waals surface area contributed by atoms with Crippen molar-refractivity contribution in [2.75, 3.05) is 6.54 Å². The number of hydrogen-bond acceptors (Lipinski definition) is 3. The minimum absolute atomic E-state index is 0.133. The molecule has 0 saturated carbocycles. The van der Waals surface area contributed by atoms with Gasteiger partial charge in [-0.1, -0.05) is 44.0 Å². The van der Waals surface area contributed by atoms with Crippen molar-refractivity contribution in [3.63, 3.8) is 0 Å². The molecule has 1 aliphatic rings. The van der Waals surface area contributed by atoms with Crippen LogP contribution in [-0.2, 0) is 4.79 Å². The third-order valence-electron chi connectivity index (χ3n) is 4.44. The van der Waals surface area contributed by atoms with Gasteiger partial charge in [-0.15, -0.1) is 0 Å². The molecule has 0 spiro atoms. The van der Waals surface area contributed by atoms with E-state index in [1.54, 1.807) is 31.2 Å². The predicted molar refractivity (Wildman–Crippen MR) is 92.7 cm³/mol. The number of carbonyl (C=O) groups is 3. The number of alkyl halides is 1. The topological polar surface area (TPSA) is 71.4 Å². The standard InChI is InChI=1S/C16H17Br2NO4/c1-10-3-2-8-19(10,16(22)23)14(20)9-13(18)15(21)11-4-6-12(17)7-5-11/h4-7,10,13H,2-3,8-9H2,1H3/p+1/t10-,13?,19?/m1/s1. The molecule has 1 heterocycles. The summed E-state index contributed by atoms with van der Waals surface area (Å²) in [5.74, 6) is -0.643. The molecule has 1 fully saturated rings. The third kappa shape index (κ3) is 3.56. The summed E-state index contributed by atoms with van der Waals surface area (Å²) in [6.45, 7) is 2.07. The number of carboxylic acid groups (broad SMARTS) is 1. The van der Waals surface area contributed by atoms with E-state index in [0.29, 0.717) is 24.9 Å². The average molecular weight is 448 g/mol. The number of Topliss-reactive ketones (excluding diaryl/α,β-unsaturated/α-hetero) is 1. The molecule has 124 valence electrons. The van der Waals surface area contributed by atoms with Crippen LogP contribution in [0.15, 0.2) is 28.7 Å². The van der Waals surface area contributed by atoms with Crippen LogP contribution in [0.1, 0.15) is 36.5 Å². The number of imide groups is 1. The fraction of sp³-hybridized carbons (Fsp3) is 0.438. The van der Waals surface area contributed by atoms with Gasteiger partial charge >= 0.3 is 12.0 Å². The fourth-order valence-corrected chi connectivity index (χ4v) is 3.85. The van der Waals surface area contributed by atoms with E-state index in [2.05, 4.69) is 31.9 Å². The van der Waals surface area contributed by atoms with Crippen LogP contribution < -0.4 is 0 Å². The Morgan fingerprint density at radius 3 is 2.39 bits per heavy atom. The van der Waals surface area contributed by atoms with Gasteiger partial charge in [-0.2, -0.15) is 9.28 Å². The summed E-state index contributed by atoms with van der Waals surface area (Å²) < 4.78 is 0.285. The van der Waals surface area contributed by atoms with Gasteiger partial charge in [0.15, 0.2) is 5.78 Å². The number of carbonyl (C=O) groups excluding carboxylic acids is 2. The van der Waals surface area contributed by atoms with Crippen molar-refractivity contribution in [2.45, 2.75) is 37.1 Å². The maximum atomic E-state index is 12.6. The number of halogens is 2. The first kappa shape index (κ1) is 18.3. The normalized spacial score (nSPS) is 25.1. The summed E-state index contributed by atoms with van der Waals surface area (Å²) in [7, 11) is 0. The summed E-state index contributed by atoms with van der Waals surface area (Å²) in [5, 5.41) is 9.55. The second-order valence-corrected chi connectivity index (χ2v) is 7.82. The Kier molecular flexibility index (Phi) is 5.75. The molecule has 23 heavy (non-hydrogen) atoms. The Labute approximate surface area is 151 Å².